The molecule has 122 valence electrons. The number of thiophene rings is 1. The predicted molar refractivity (Wildman–Crippen MR) is 103 cm³/mol. The van der Waals surface area contributed by atoms with E-state index in [9.17, 15) is 0 Å². The third-order valence-electron chi connectivity index (χ3n) is 4.78. The first-order valence-corrected chi connectivity index (χ1v) is 9.50. The van der Waals surface area contributed by atoms with Crippen LogP contribution in [-0.4, -0.2) is 6.61 Å². The summed E-state index contributed by atoms with van der Waals surface area (Å²) in [5, 5.41) is 2.75. The Bertz CT molecular complexity index is 829. The maximum atomic E-state index is 6.05. The highest BCUT2D eigenvalue weighted by Crippen LogP contribution is 2.41. The van der Waals surface area contributed by atoms with E-state index in [0.717, 1.165) is 18.8 Å². The molecule has 0 unspecified atom stereocenters. The lowest BCUT2D eigenvalue weighted by atomic mass is 10.0. The second-order valence-corrected chi connectivity index (χ2v) is 7.48. The van der Waals surface area contributed by atoms with E-state index in [1.54, 1.807) is 0 Å². The second-order valence-electron chi connectivity index (χ2n) is 6.46. The predicted octanol–water partition coefficient (Wildman–Crippen LogP) is 6.94. The van der Waals surface area contributed by atoms with Gasteiger partial charge in [0.15, 0.2) is 0 Å². The minimum atomic E-state index is 0.829. The van der Waals surface area contributed by atoms with Crippen LogP contribution in [0.15, 0.2) is 24.3 Å². The standard InChI is InChI=1S/C21H26OS/c1-5-6-7-8-13-22-19-12-11-18-17-10-9-14(2)15(3)20(17)23-21(18)16(19)4/h9-12H,5-8,13H2,1-4H3. The third-order valence-corrected chi connectivity index (χ3v) is 6.24. The molecule has 1 heterocycles. The fraction of sp³-hybridized carbons (Fsp3) is 0.429. The van der Waals surface area contributed by atoms with Crippen LogP contribution in [0, 0.1) is 20.8 Å². The van der Waals surface area contributed by atoms with Crippen molar-refractivity contribution in [3.8, 4) is 5.75 Å². The maximum Gasteiger partial charge on any atom is 0.123 e. The number of fused-ring (bicyclic) bond motifs is 3. The Morgan fingerprint density at radius 3 is 2.26 bits per heavy atom. The molecule has 0 atom stereocenters. The summed E-state index contributed by atoms with van der Waals surface area (Å²) in [4.78, 5) is 0. The summed E-state index contributed by atoms with van der Waals surface area (Å²) in [5.41, 5.74) is 4.07. The summed E-state index contributed by atoms with van der Waals surface area (Å²) in [6, 6.07) is 8.88. The Morgan fingerprint density at radius 1 is 0.826 bits per heavy atom. The summed E-state index contributed by atoms with van der Waals surface area (Å²) >= 11 is 1.91. The molecule has 1 nitrogen and oxygen atoms in total. The Morgan fingerprint density at radius 2 is 1.52 bits per heavy atom. The van der Waals surface area contributed by atoms with E-state index in [2.05, 4.69) is 52.0 Å². The molecule has 0 aliphatic heterocycles. The fourth-order valence-corrected chi connectivity index (χ4v) is 4.47. The molecule has 1 aromatic heterocycles. The molecule has 0 spiro atoms. The first kappa shape index (κ1) is 16.3. The first-order chi connectivity index (χ1) is 11.1. The fourth-order valence-electron chi connectivity index (χ4n) is 3.12. The number of ether oxygens (including phenoxy) is 1. The van der Waals surface area contributed by atoms with Crippen LogP contribution in [0.3, 0.4) is 0 Å². The maximum absolute atomic E-state index is 6.05. The van der Waals surface area contributed by atoms with Crippen LogP contribution < -0.4 is 4.74 Å². The van der Waals surface area contributed by atoms with Crippen LogP contribution in [0.5, 0.6) is 5.75 Å². The summed E-state index contributed by atoms with van der Waals surface area (Å²) < 4.78 is 8.84. The van der Waals surface area contributed by atoms with Crippen molar-refractivity contribution < 1.29 is 4.74 Å². The lowest BCUT2D eigenvalue weighted by Crippen LogP contribution is -1.98. The molecule has 2 aromatic carbocycles. The van der Waals surface area contributed by atoms with Gasteiger partial charge in [-0.2, -0.15) is 0 Å². The van der Waals surface area contributed by atoms with Crippen molar-refractivity contribution in [2.45, 2.75) is 53.4 Å². The zero-order chi connectivity index (χ0) is 16.4. The van der Waals surface area contributed by atoms with E-state index in [1.165, 1.54) is 56.1 Å². The Kier molecular flexibility index (Phi) is 4.91. The topological polar surface area (TPSA) is 9.23 Å². The van der Waals surface area contributed by atoms with Crippen molar-refractivity contribution in [1.29, 1.82) is 0 Å². The van der Waals surface area contributed by atoms with Crippen LogP contribution in [-0.2, 0) is 0 Å². The van der Waals surface area contributed by atoms with Crippen molar-refractivity contribution in [2.24, 2.45) is 0 Å². The normalized spacial score (nSPS) is 11.5. The molecular weight excluding hydrogens is 300 g/mol. The lowest BCUT2D eigenvalue weighted by Gasteiger charge is -2.09. The van der Waals surface area contributed by atoms with Gasteiger partial charge in [0.25, 0.3) is 0 Å². The van der Waals surface area contributed by atoms with Gasteiger partial charge in [-0.1, -0.05) is 38.3 Å². The van der Waals surface area contributed by atoms with Gasteiger partial charge in [-0.05, 0) is 50.5 Å². The van der Waals surface area contributed by atoms with Gasteiger partial charge in [-0.3, -0.25) is 0 Å². The molecular formula is C21H26OS. The minimum Gasteiger partial charge on any atom is -0.493 e. The zero-order valence-electron chi connectivity index (χ0n) is 14.7. The SMILES string of the molecule is CCCCCCOc1ccc2c(sc3c(C)c(C)ccc32)c1C. The molecule has 3 aromatic rings. The molecule has 2 heteroatoms. The molecule has 0 aliphatic carbocycles. The van der Waals surface area contributed by atoms with Crippen molar-refractivity contribution >= 4 is 31.5 Å². The monoisotopic (exact) mass is 326 g/mol. The van der Waals surface area contributed by atoms with Gasteiger partial charge in [0.2, 0.25) is 0 Å². The molecule has 0 fully saturated rings. The summed E-state index contributed by atoms with van der Waals surface area (Å²) in [6.45, 7) is 9.69. The van der Waals surface area contributed by atoms with Crippen LogP contribution in [0.4, 0.5) is 0 Å². The summed E-state index contributed by atoms with van der Waals surface area (Å²) in [7, 11) is 0. The molecule has 23 heavy (non-hydrogen) atoms. The number of rotatable bonds is 6. The Balaban J connectivity index is 1.93. The smallest absolute Gasteiger partial charge is 0.123 e. The van der Waals surface area contributed by atoms with Crippen LogP contribution >= 0.6 is 11.3 Å². The van der Waals surface area contributed by atoms with Crippen molar-refractivity contribution in [1.82, 2.24) is 0 Å². The van der Waals surface area contributed by atoms with Gasteiger partial charge in [0, 0.05) is 25.7 Å². The van der Waals surface area contributed by atoms with Gasteiger partial charge < -0.3 is 4.74 Å². The molecule has 0 amide bonds. The van der Waals surface area contributed by atoms with Crippen molar-refractivity contribution in [3.63, 3.8) is 0 Å². The average molecular weight is 327 g/mol. The van der Waals surface area contributed by atoms with Crippen molar-refractivity contribution in [3.05, 3.63) is 41.0 Å². The molecule has 0 saturated carbocycles. The van der Waals surface area contributed by atoms with Crippen molar-refractivity contribution in [2.75, 3.05) is 6.61 Å². The quantitative estimate of drug-likeness (QED) is 0.446. The Hall–Kier alpha value is -1.54. The van der Waals surface area contributed by atoms with Gasteiger partial charge >= 0.3 is 0 Å². The molecule has 0 aliphatic rings. The van der Waals surface area contributed by atoms with Gasteiger partial charge in [-0.25, -0.2) is 0 Å². The number of hydrogen-bond acceptors (Lipinski definition) is 2. The highest BCUT2D eigenvalue weighted by atomic mass is 32.1. The zero-order valence-corrected chi connectivity index (χ0v) is 15.5. The average Bonchev–Trinajstić information content (AvgIpc) is 2.93. The van der Waals surface area contributed by atoms with Gasteiger partial charge in [0.05, 0.1) is 6.61 Å². The highest BCUT2D eigenvalue weighted by Gasteiger charge is 2.12. The molecule has 0 bridgehead atoms. The largest absolute Gasteiger partial charge is 0.493 e. The first-order valence-electron chi connectivity index (χ1n) is 8.68. The lowest BCUT2D eigenvalue weighted by molar-refractivity contribution is 0.303. The summed E-state index contributed by atoms with van der Waals surface area (Å²) in [5.74, 6) is 1.05. The summed E-state index contributed by atoms with van der Waals surface area (Å²) in [6.07, 6.45) is 4.98. The highest BCUT2D eigenvalue weighted by molar-refractivity contribution is 7.26. The number of unbranched alkanes of at least 4 members (excludes halogenated alkanes) is 3. The van der Waals surface area contributed by atoms with E-state index < -0.39 is 0 Å². The van der Waals surface area contributed by atoms with E-state index >= 15 is 0 Å². The minimum absolute atomic E-state index is 0.829. The number of aryl methyl sites for hydroxylation is 3. The Labute approximate surface area is 143 Å². The van der Waals surface area contributed by atoms with Gasteiger partial charge in [-0.15, -0.1) is 11.3 Å². The van der Waals surface area contributed by atoms with E-state index in [4.69, 9.17) is 4.74 Å². The third kappa shape index (κ3) is 3.10. The van der Waals surface area contributed by atoms with E-state index in [1.807, 2.05) is 11.3 Å². The van der Waals surface area contributed by atoms with Crippen LogP contribution in [0.2, 0.25) is 0 Å². The number of benzene rings is 2. The second kappa shape index (κ2) is 6.92. The van der Waals surface area contributed by atoms with E-state index in [-0.39, 0.29) is 0 Å². The van der Waals surface area contributed by atoms with Crippen LogP contribution in [0.1, 0.15) is 49.3 Å². The molecule has 0 saturated heterocycles. The molecule has 3 rings (SSSR count). The van der Waals surface area contributed by atoms with Crippen LogP contribution in [0.25, 0.3) is 20.2 Å². The molecule has 0 radical (unpaired) electrons. The van der Waals surface area contributed by atoms with Gasteiger partial charge in [0.1, 0.15) is 5.75 Å². The molecule has 0 N–H and O–H groups in total. The van der Waals surface area contributed by atoms with E-state index in [0.29, 0.717) is 0 Å². The number of hydrogen-bond donors (Lipinski definition) is 0.